The van der Waals surface area contributed by atoms with Crippen molar-refractivity contribution in [2.45, 2.75) is 32.2 Å². The molecule has 8 heteroatoms. The topological polar surface area (TPSA) is 90.0 Å². The number of nitrogens with zero attached hydrogens (tertiary/aromatic N) is 6. The molecule has 118 valence electrons. The van der Waals surface area contributed by atoms with Crippen LogP contribution in [0, 0.1) is 6.92 Å². The van der Waals surface area contributed by atoms with Crippen LogP contribution in [0.15, 0.2) is 18.2 Å². The summed E-state index contributed by atoms with van der Waals surface area (Å²) >= 11 is 0. The van der Waals surface area contributed by atoms with Crippen molar-refractivity contribution in [2.24, 2.45) is 7.05 Å². The van der Waals surface area contributed by atoms with Crippen molar-refractivity contribution < 1.29 is 4.79 Å². The summed E-state index contributed by atoms with van der Waals surface area (Å²) in [6, 6.07) is 5.24. The predicted molar refractivity (Wildman–Crippen MR) is 81.9 cm³/mol. The lowest BCUT2D eigenvalue weighted by Gasteiger charge is -2.24. The van der Waals surface area contributed by atoms with E-state index in [1.165, 1.54) is 10.2 Å². The molecular formula is C15H17N7O. The van der Waals surface area contributed by atoms with Gasteiger partial charge >= 0.3 is 0 Å². The smallest absolute Gasteiger partial charge is 0.270 e. The van der Waals surface area contributed by atoms with Gasteiger partial charge in [0.05, 0.1) is 11.7 Å². The van der Waals surface area contributed by atoms with E-state index in [0.717, 1.165) is 30.5 Å². The van der Waals surface area contributed by atoms with Crippen LogP contribution in [-0.2, 0) is 13.5 Å². The van der Waals surface area contributed by atoms with Crippen LogP contribution in [0.3, 0.4) is 0 Å². The largest absolute Gasteiger partial charge is 0.344 e. The van der Waals surface area contributed by atoms with Gasteiger partial charge in [-0.3, -0.25) is 9.48 Å². The van der Waals surface area contributed by atoms with Crippen molar-refractivity contribution in [3.05, 3.63) is 40.8 Å². The summed E-state index contributed by atoms with van der Waals surface area (Å²) in [6.45, 7) is 1.99. The average molecular weight is 311 g/mol. The van der Waals surface area contributed by atoms with Gasteiger partial charge < -0.3 is 5.32 Å². The maximum Gasteiger partial charge on any atom is 0.270 e. The molecule has 0 saturated carbocycles. The number of tetrazole rings is 1. The number of carbonyl (C=O) groups is 1. The van der Waals surface area contributed by atoms with E-state index in [1.54, 1.807) is 18.2 Å². The number of hydrogen-bond acceptors (Lipinski definition) is 5. The normalized spacial score (nSPS) is 17.2. The fraction of sp³-hybridized carbons (Fsp3) is 0.400. The molecule has 1 N–H and O–H groups in total. The highest BCUT2D eigenvalue weighted by molar-refractivity contribution is 5.93. The number of nitrogens with one attached hydrogen (secondary N) is 1. The van der Waals surface area contributed by atoms with E-state index in [2.05, 4.69) is 25.9 Å². The van der Waals surface area contributed by atoms with Crippen LogP contribution in [0.5, 0.6) is 0 Å². The third-order valence-electron chi connectivity index (χ3n) is 4.41. The molecule has 0 aliphatic heterocycles. The average Bonchev–Trinajstić information content (AvgIpc) is 3.12. The standard InChI is InChI=1S/C15H17N7O/c1-9-14-10(5-3-6-11(14)21(2)18-9)16-15(23)12-7-4-8-13-17-19-20-22(12)13/h4,7-8,10H,3,5-6H2,1-2H3,(H,16,23). The van der Waals surface area contributed by atoms with Crippen LogP contribution < -0.4 is 5.32 Å². The summed E-state index contributed by atoms with van der Waals surface area (Å²) in [4.78, 5) is 12.7. The molecule has 0 aromatic carbocycles. The maximum absolute atomic E-state index is 12.7. The number of carbonyl (C=O) groups excluding carboxylic acids is 1. The molecule has 8 nitrogen and oxygen atoms in total. The van der Waals surface area contributed by atoms with Crippen LogP contribution in [0.4, 0.5) is 0 Å². The molecule has 0 saturated heterocycles. The number of amides is 1. The summed E-state index contributed by atoms with van der Waals surface area (Å²) in [7, 11) is 1.96. The Morgan fingerprint density at radius 2 is 2.26 bits per heavy atom. The van der Waals surface area contributed by atoms with E-state index in [1.807, 2.05) is 18.7 Å². The Kier molecular flexibility index (Phi) is 3.10. The lowest BCUT2D eigenvalue weighted by atomic mass is 9.91. The second-order valence-electron chi connectivity index (χ2n) is 5.85. The monoisotopic (exact) mass is 311 g/mol. The zero-order chi connectivity index (χ0) is 16.0. The summed E-state index contributed by atoms with van der Waals surface area (Å²) in [5.41, 5.74) is 4.32. The summed E-state index contributed by atoms with van der Waals surface area (Å²) < 4.78 is 3.38. The zero-order valence-electron chi connectivity index (χ0n) is 13.0. The molecule has 23 heavy (non-hydrogen) atoms. The quantitative estimate of drug-likeness (QED) is 0.762. The van der Waals surface area contributed by atoms with E-state index < -0.39 is 0 Å². The first-order valence-corrected chi connectivity index (χ1v) is 7.65. The third-order valence-corrected chi connectivity index (χ3v) is 4.41. The fourth-order valence-corrected chi connectivity index (χ4v) is 3.40. The molecule has 0 bridgehead atoms. The first-order chi connectivity index (χ1) is 11.1. The van der Waals surface area contributed by atoms with E-state index in [4.69, 9.17) is 0 Å². The molecule has 3 aromatic heterocycles. The second-order valence-corrected chi connectivity index (χ2v) is 5.85. The lowest BCUT2D eigenvalue weighted by Crippen LogP contribution is -2.32. The highest BCUT2D eigenvalue weighted by atomic mass is 16.2. The predicted octanol–water partition coefficient (Wildman–Crippen LogP) is 0.974. The summed E-state index contributed by atoms with van der Waals surface area (Å²) in [5, 5.41) is 19.0. The molecule has 1 unspecified atom stereocenters. The Balaban J connectivity index is 1.67. The van der Waals surface area contributed by atoms with Crippen LogP contribution in [0.1, 0.15) is 46.3 Å². The van der Waals surface area contributed by atoms with Gasteiger partial charge in [-0.1, -0.05) is 6.07 Å². The number of aromatic nitrogens is 6. The first-order valence-electron chi connectivity index (χ1n) is 7.65. The lowest BCUT2D eigenvalue weighted by molar-refractivity contribution is 0.0925. The Morgan fingerprint density at radius 3 is 3.13 bits per heavy atom. The molecule has 0 radical (unpaired) electrons. The number of fused-ring (bicyclic) bond motifs is 2. The zero-order valence-corrected chi connectivity index (χ0v) is 13.0. The molecule has 1 aliphatic carbocycles. The van der Waals surface area contributed by atoms with Crippen molar-refractivity contribution in [3.63, 3.8) is 0 Å². The minimum atomic E-state index is -0.177. The first kappa shape index (κ1) is 13.9. The second kappa shape index (κ2) is 5.15. The van der Waals surface area contributed by atoms with Gasteiger partial charge in [0, 0.05) is 18.3 Å². The van der Waals surface area contributed by atoms with Crippen LogP contribution in [0.2, 0.25) is 0 Å². The van der Waals surface area contributed by atoms with Crippen molar-refractivity contribution in [1.82, 2.24) is 35.1 Å². The van der Waals surface area contributed by atoms with Crippen molar-refractivity contribution in [2.75, 3.05) is 0 Å². The van der Waals surface area contributed by atoms with Crippen molar-refractivity contribution in [1.29, 1.82) is 0 Å². The van der Waals surface area contributed by atoms with E-state index >= 15 is 0 Å². The van der Waals surface area contributed by atoms with Gasteiger partial charge in [0.15, 0.2) is 5.65 Å². The van der Waals surface area contributed by atoms with Gasteiger partial charge in [0.1, 0.15) is 5.69 Å². The molecule has 1 aliphatic rings. The van der Waals surface area contributed by atoms with Crippen LogP contribution in [0.25, 0.3) is 5.65 Å². The Bertz CT molecular complexity index is 895. The van der Waals surface area contributed by atoms with Gasteiger partial charge in [-0.05, 0) is 48.7 Å². The highest BCUT2D eigenvalue weighted by Crippen LogP contribution is 2.32. The molecule has 0 spiro atoms. The van der Waals surface area contributed by atoms with Gasteiger partial charge in [0.25, 0.3) is 5.91 Å². The molecule has 1 amide bonds. The van der Waals surface area contributed by atoms with E-state index in [9.17, 15) is 4.79 Å². The molecule has 3 aromatic rings. The SMILES string of the molecule is Cc1nn(C)c2c1C(NC(=O)c1cccc3nnnn13)CCC2. The number of rotatable bonds is 2. The molecular weight excluding hydrogens is 294 g/mol. The van der Waals surface area contributed by atoms with Crippen molar-refractivity contribution in [3.8, 4) is 0 Å². The van der Waals surface area contributed by atoms with Gasteiger partial charge in [-0.2, -0.15) is 9.61 Å². The third kappa shape index (κ3) is 2.18. The summed E-state index contributed by atoms with van der Waals surface area (Å²) in [5.74, 6) is -0.177. The minimum absolute atomic E-state index is 0.0216. The van der Waals surface area contributed by atoms with E-state index in [-0.39, 0.29) is 11.9 Å². The van der Waals surface area contributed by atoms with Gasteiger partial charge in [-0.15, -0.1) is 5.10 Å². The number of pyridine rings is 1. The van der Waals surface area contributed by atoms with Crippen LogP contribution >= 0.6 is 0 Å². The number of hydrogen-bond donors (Lipinski definition) is 1. The van der Waals surface area contributed by atoms with Crippen molar-refractivity contribution >= 4 is 11.6 Å². The van der Waals surface area contributed by atoms with E-state index in [0.29, 0.717) is 11.3 Å². The minimum Gasteiger partial charge on any atom is -0.344 e. The summed E-state index contributed by atoms with van der Waals surface area (Å²) in [6.07, 6.45) is 2.95. The molecule has 0 fully saturated rings. The highest BCUT2D eigenvalue weighted by Gasteiger charge is 2.28. The molecule has 1 atom stereocenters. The Morgan fingerprint density at radius 1 is 1.39 bits per heavy atom. The number of aryl methyl sites for hydroxylation is 2. The van der Waals surface area contributed by atoms with Crippen LogP contribution in [-0.4, -0.2) is 35.7 Å². The molecule has 4 rings (SSSR count). The van der Waals surface area contributed by atoms with Gasteiger partial charge in [-0.25, -0.2) is 0 Å². The Hall–Kier alpha value is -2.77. The molecule has 3 heterocycles. The Labute approximate surface area is 132 Å². The fourth-order valence-electron chi connectivity index (χ4n) is 3.40. The van der Waals surface area contributed by atoms with Gasteiger partial charge in [0.2, 0.25) is 0 Å². The maximum atomic E-state index is 12.7.